The van der Waals surface area contributed by atoms with Crippen LogP contribution in [0.25, 0.3) is 0 Å². The number of alkyl halides is 3. The summed E-state index contributed by atoms with van der Waals surface area (Å²) < 4.78 is 67.8. The Balaban J connectivity index is 1.61. The molecule has 1 aromatic rings. The molecule has 2 aliphatic carbocycles. The quantitative estimate of drug-likeness (QED) is 0.139. The van der Waals surface area contributed by atoms with E-state index in [-0.39, 0.29) is 35.7 Å². The van der Waals surface area contributed by atoms with Crippen LogP contribution in [0.15, 0.2) is 34.4 Å². The first-order chi connectivity index (χ1) is 25.8. The van der Waals surface area contributed by atoms with E-state index < -0.39 is 99.0 Å². The molecule has 2 saturated carbocycles. The van der Waals surface area contributed by atoms with Crippen molar-refractivity contribution < 1.29 is 45.6 Å². The third kappa shape index (κ3) is 10.3. The van der Waals surface area contributed by atoms with E-state index in [0.717, 1.165) is 30.6 Å². The molecule has 1 unspecified atom stereocenters. The molecule has 6 atom stereocenters. The van der Waals surface area contributed by atoms with Crippen molar-refractivity contribution in [1.82, 2.24) is 30.5 Å². The lowest BCUT2D eigenvalue weighted by molar-refractivity contribution is -0.148. The minimum atomic E-state index is -4.67. The van der Waals surface area contributed by atoms with Crippen molar-refractivity contribution in [2.24, 2.45) is 28.1 Å². The number of fused-ring (bicyclic) bond motifs is 1. The second-order valence-electron chi connectivity index (χ2n) is 17.4. The minimum absolute atomic E-state index is 0.0698. The number of amides is 5. The zero-order chi connectivity index (χ0) is 42.0. The van der Waals surface area contributed by atoms with Crippen molar-refractivity contribution in [2.45, 2.75) is 121 Å². The lowest BCUT2D eigenvalue weighted by Crippen LogP contribution is -2.63. The normalized spacial score (nSPS) is 23.3. The first kappa shape index (κ1) is 45.2. The maximum absolute atomic E-state index is 14.8. The summed E-state index contributed by atoms with van der Waals surface area (Å²) in [5, 5.41) is 12.1. The topological polar surface area (TPSA) is 174 Å². The van der Waals surface area contributed by atoms with Crippen molar-refractivity contribution in [3.63, 3.8) is 0 Å². The van der Waals surface area contributed by atoms with Gasteiger partial charge in [0.1, 0.15) is 16.3 Å². The fourth-order valence-electron chi connectivity index (χ4n) is 8.19. The molecule has 314 valence electrons. The Morgan fingerprint density at radius 3 is 2.25 bits per heavy atom. The molecule has 4 rings (SSSR count). The second kappa shape index (κ2) is 17.1. The first-order valence-corrected chi connectivity index (χ1v) is 21.3. The van der Waals surface area contributed by atoms with Crippen LogP contribution in [0.3, 0.4) is 0 Å². The number of carbonyl (C=O) groups excluding carboxylic acids is 5. The Morgan fingerprint density at radius 1 is 1.05 bits per heavy atom. The van der Waals surface area contributed by atoms with Crippen molar-refractivity contribution in [3.8, 4) is 0 Å². The molecular formula is C38H57F3N6O7S2. The molecule has 0 spiro atoms. The monoisotopic (exact) mass is 830 g/mol. The van der Waals surface area contributed by atoms with Crippen molar-refractivity contribution in [1.29, 1.82) is 0 Å². The van der Waals surface area contributed by atoms with Gasteiger partial charge in [0.05, 0.1) is 6.04 Å². The molecule has 3 aliphatic rings. The number of urea groups is 1. The number of thiophene rings is 1. The summed E-state index contributed by atoms with van der Waals surface area (Å²) in [6.07, 6.45) is -2.01. The Hall–Kier alpha value is -3.51. The van der Waals surface area contributed by atoms with E-state index in [4.69, 9.17) is 0 Å². The molecule has 4 N–H and O–H groups in total. The molecule has 18 heteroatoms. The van der Waals surface area contributed by atoms with Crippen molar-refractivity contribution in [2.75, 3.05) is 26.7 Å². The second-order valence-corrected chi connectivity index (χ2v) is 20.6. The maximum Gasteiger partial charge on any atom is 0.389 e. The third-order valence-electron chi connectivity index (χ3n) is 11.9. The number of piperidine rings is 1. The summed E-state index contributed by atoms with van der Waals surface area (Å²) in [5.41, 5.74) is -1.77. The lowest BCUT2D eigenvalue weighted by Gasteiger charge is -2.43. The summed E-state index contributed by atoms with van der Waals surface area (Å²) in [6.45, 7) is 14.7. The molecule has 56 heavy (non-hydrogen) atoms. The van der Waals surface area contributed by atoms with Gasteiger partial charge in [-0.25, -0.2) is 13.2 Å². The summed E-state index contributed by atoms with van der Waals surface area (Å²) >= 11 is 1.08. The number of likely N-dealkylation sites (tertiary alicyclic amines) is 1. The summed E-state index contributed by atoms with van der Waals surface area (Å²) in [7, 11) is -2.41. The minimum Gasteiger partial charge on any atom is -0.346 e. The number of hydrogen-bond acceptors (Lipinski definition) is 8. The van der Waals surface area contributed by atoms with Gasteiger partial charge in [0.15, 0.2) is 0 Å². The maximum atomic E-state index is 14.8. The molecule has 0 aromatic carbocycles. The fourth-order valence-corrected chi connectivity index (χ4v) is 10.6. The van der Waals surface area contributed by atoms with Gasteiger partial charge in [-0.15, -0.1) is 17.9 Å². The van der Waals surface area contributed by atoms with Crippen LogP contribution in [-0.4, -0.2) is 104 Å². The van der Waals surface area contributed by atoms with Crippen LogP contribution in [0.4, 0.5) is 18.0 Å². The van der Waals surface area contributed by atoms with Gasteiger partial charge in [-0.2, -0.15) is 17.5 Å². The third-order valence-corrected chi connectivity index (χ3v) is 15.1. The van der Waals surface area contributed by atoms with Gasteiger partial charge in [-0.3, -0.25) is 19.2 Å². The molecule has 0 radical (unpaired) electrons. The van der Waals surface area contributed by atoms with Gasteiger partial charge in [0.2, 0.25) is 17.6 Å². The molecule has 1 saturated heterocycles. The van der Waals surface area contributed by atoms with Crippen molar-refractivity contribution in [3.05, 3.63) is 30.2 Å². The van der Waals surface area contributed by atoms with E-state index in [1.807, 2.05) is 41.5 Å². The van der Waals surface area contributed by atoms with Gasteiger partial charge in [-0.1, -0.05) is 72.9 Å². The van der Waals surface area contributed by atoms with Crippen molar-refractivity contribution >= 4 is 50.9 Å². The molecule has 13 nitrogen and oxygen atoms in total. The predicted octanol–water partition coefficient (Wildman–Crippen LogP) is 4.60. The highest BCUT2D eigenvalue weighted by atomic mass is 32.2. The van der Waals surface area contributed by atoms with E-state index in [2.05, 4.69) is 27.8 Å². The smallest absolute Gasteiger partial charge is 0.346 e. The number of sulfonamides is 1. The first-order valence-electron chi connectivity index (χ1n) is 19.0. The van der Waals surface area contributed by atoms with Crippen LogP contribution in [0.1, 0.15) is 86.5 Å². The van der Waals surface area contributed by atoms with Crippen LogP contribution in [0.5, 0.6) is 0 Å². The number of hydrogen-bond donors (Lipinski definition) is 4. The molecule has 1 aliphatic heterocycles. The Kier molecular flexibility index (Phi) is 13.8. The average Bonchev–Trinajstić information content (AvgIpc) is 3.56. The molecule has 3 fully saturated rings. The van der Waals surface area contributed by atoms with Gasteiger partial charge in [0, 0.05) is 39.1 Å². The number of ketones is 1. The number of carbonyl (C=O) groups is 5. The molecular weight excluding hydrogens is 774 g/mol. The van der Waals surface area contributed by atoms with Crippen LogP contribution >= 0.6 is 11.3 Å². The highest BCUT2D eigenvalue weighted by Crippen LogP contribution is 2.65. The van der Waals surface area contributed by atoms with E-state index in [0.29, 0.717) is 12.8 Å². The number of Topliss-reactive ketones (excluding diaryl/α,β-unsaturated/α-hetero) is 1. The van der Waals surface area contributed by atoms with Crippen LogP contribution < -0.4 is 21.3 Å². The van der Waals surface area contributed by atoms with Crippen LogP contribution in [0.2, 0.25) is 0 Å². The van der Waals surface area contributed by atoms with E-state index in [9.17, 15) is 45.6 Å². The number of nitrogens with zero attached hydrogens (tertiary/aromatic N) is 2. The number of halogens is 3. The standard InChI is InChI=1S/C38H57F3N6O7S2/c1-9-19-42-32(50)29(48)24(15-18-38(39,40)41)43-31(49)28-27-23(36(27,5)6)21-47(28)33(51)30(37(7)16-11-10-12-17-37)45-34(52)44-25(35(2,3)4)22-46(8)56(53,54)26-14-13-20-55-26/h9,13-14,20,23-25,27-28,30H,1,10-12,15-19,21-22H2,2-8H3,(H,42,50)(H,43,49)(H2,44,45,52)/t23-,24?,25+,27-,28-,30+/m0/s1. The summed E-state index contributed by atoms with van der Waals surface area (Å²) in [5.74, 6) is -4.35. The van der Waals surface area contributed by atoms with Gasteiger partial charge in [-0.05, 0) is 58.8 Å². The molecule has 2 heterocycles. The number of rotatable bonds is 16. The lowest BCUT2D eigenvalue weighted by atomic mass is 9.70. The summed E-state index contributed by atoms with van der Waals surface area (Å²) in [6, 6.07) is -2.38. The molecule has 1 aromatic heterocycles. The van der Waals surface area contributed by atoms with E-state index in [1.54, 1.807) is 11.4 Å². The van der Waals surface area contributed by atoms with Gasteiger partial charge < -0.3 is 26.2 Å². The zero-order valence-corrected chi connectivity index (χ0v) is 34.9. The van der Waals surface area contributed by atoms with E-state index >= 15 is 0 Å². The largest absolute Gasteiger partial charge is 0.389 e. The Bertz CT molecular complexity index is 1740. The molecule has 0 bridgehead atoms. The average molecular weight is 831 g/mol. The van der Waals surface area contributed by atoms with Crippen LogP contribution in [-0.2, 0) is 29.2 Å². The predicted molar refractivity (Wildman–Crippen MR) is 206 cm³/mol. The Morgan fingerprint density at radius 2 is 1.70 bits per heavy atom. The number of nitrogens with one attached hydrogen (secondary N) is 4. The summed E-state index contributed by atoms with van der Waals surface area (Å²) in [4.78, 5) is 69.9. The van der Waals surface area contributed by atoms with Gasteiger partial charge >= 0.3 is 12.2 Å². The highest BCUT2D eigenvalue weighted by Gasteiger charge is 2.70. The van der Waals surface area contributed by atoms with Crippen LogP contribution in [0, 0.1) is 28.1 Å². The van der Waals surface area contributed by atoms with Gasteiger partial charge in [0.25, 0.3) is 15.9 Å². The fraction of sp³-hybridized carbons (Fsp3) is 0.711. The zero-order valence-electron chi connectivity index (χ0n) is 33.3. The SMILES string of the molecule is C=CCNC(=O)C(=O)C(CCC(F)(F)F)NC(=O)[C@@H]1[C@@H]2[C@H](CN1C(=O)[C@@H](NC(=O)N[C@H](CN(C)S(=O)(=O)c1cccs1)C(C)(C)C)C1(C)CCCCC1)C2(C)C. The van der Waals surface area contributed by atoms with E-state index in [1.165, 1.54) is 28.4 Å². The highest BCUT2D eigenvalue weighted by molar-refractivity contribution is 7.91. The Labute approximate surface area is 332 Å². The number of likely N-dealkylation sites (N-methyl/N-ethyl adjacent to an activating group) is 1. The molecule has 5 amide bonds.